The summed E-state index contributed by atoms with van der Waals surface area (Å²) in [6, 6.07) is 10.1. The molecular formula is C12H17NO2S. The van der Waals surface area contributed by atoms with Gasteiger partial charge in [-0.15, -0.1) is 0 Å². The lowest BCUT2D eigenvalue weighted by Gasteiger charge is -2.34. The third-order valence-electron chi connectivity index (χ3n) is 2.77. The molecule has 0 amide bonds. The predicted octanol–water partition coefficient (Wildman–Crippen LogP) is 2.44. The van der Waals surface area contributed by atoms with Crippen LogP contribution in [0.5, 0.6) is 0 Å². The minimum atomic E-state index is -0.425. The van der Waals surface area contributed by atoms with E-state index in [1.165, 1.54) is 12.0 Å². The Kier molecular flexibility index (Phi) is 4.23. The first-order valence-electron chi connectivity index (χ1n) is 5.51. The van der Waals surface area contributed by atoms with Crippen LogP contribution in [0.1, 0.15) is 12.8 Å². The van der Waals surface area contributed by atoms with Crippen LogP contribution in [0.25, 0.3) is 0 Å². The first-order chi connectivity index (χ1) is 7.85. The largest absolute Gasteiger partial charge is 0.352 e. The van der Waals surface area contributed by atoms with Gasteiger partial charge in [-0.05, 0) is 12.1 Å². The molecule has 88 valence electrons. The van der Waals surface area contributed by atoms with E-state index in [9.17, 15) is 0 Å². The normalized spacial score (nSPS) is 19.6. The Balaban J connectivity index is 1.92. The summed E-state index contributed by atoms with van der Waals surface area (Å²) in [6.07, 6.45) is 1.78. The van der Waals surface area contributed by atoms with Crippen molar-refractivity contribution in [3.63, 3.8) is 0 Å². The van der Waals surface area contributed by atoms with E-state index in [0.717, 1.165) is 30.8 Å². The van der Waals surface area contributed by atoms with Crippen molar-refractivity contribution in [3.8, 4) is 0 Å². The highest BCUT2D eigenvalue weighted by atomic mass is 32.2. The summed E-state index contributed by atoms with van der Waals surface area (Å²) in [5, 5.41) is 3.30. The lowest BCUT2D eigenvalue weighted by atomic mass is 10.1. The second kappa shape index (κ2) is 5.68. The molecule has 0 unspecified atom stereocenters. The minimum Gasteiger partial charge on any atom is -0.352 e. The number of rotatable bonds is 4. The lowest BCUT2D eigenvalue weighted by molar-refractivity contribution is -0.169. The Morgan fingerprint density at radius 2 is 1.88 bits per heavy atom. The first kappa shape index (κ1) is 11.9. The van der Waals surface area contributed by atoms with Gasteiger partial charge in [0.15, 0.2) is 5.79 Å². The summed E-state index contributed by atoms with van der Waals surface area (Å²) < 4.78 is 11.4. The zero-order valence-corrected chi connectivity index (χ0v) is 10.3. The van der Waals surface area contributed by atoms with Crippen LogP contribution in [0.15, 0.2) is 35.2 Å². The maximum atomic E-state index is 5.86. The van der Waals surface area contributed by atoms with E-state index in [1.807, 2.05) is 30.3 Å². The van der Waals surface area contributed by atoms with Gasteiger partial charge in [-0.2, -0.15) is 0 Å². The smallest absolute Gasteiger partial charge is 0.183 e. The fourth-order valence-corrected chi connectivity index (χ4v) is 2.48. The predicted molar refractivity (Wildman–Crippen MR) is 65.2 cm³/mol. The highest BCUT2D eigenvalue weighted by Crippen LogP contribution is 2.32. The molecule has 0 bridgehead atoms. The molecule has 1 aliphatic heterocycles. The van der Waals surface area contributed by atoms with Crippen molar-refractivity contribution < 1.29 is 8.92 Å². The van der Waals surface area contributed by atoms with Crippen molar-refractivity contribution in [2.75, 3.05) is 20.2 Å². The third kappa shape index (κ3) is 2.98. The van der Waals surface area contributed by atoms with E-state index in [-0.39, 0.29) is 0 Å². The molecule has 0 spiro atoms. The molecule has 3 nitrogen and oxygen atoms in total. The summed E-state index contributed by atoms with van der Waals surface area (Å²) in [5.41, 5.74) is 0. The maximum absolute atomic E-state index is 5.86. The number of benzene rings is 1. The fourth-order valence-electron chi connectivity index (χ4n) is 1.73. The van der Waals surface area contributed by atoms with Crippen LogP contribution in [-0.2, 0) is 8.92 Å². The van der Waals surface area contributed by atoms with E-state index in [0.29, 0.717) is 0 Å². The minimum absolute atomic E-state index is 0.425. The molecule has 0 atom stereocenters. The maximum Gasteiger partial charge on any atom is 0.183 e. The van der Waals surface area contributed by atoms with Crippen LogP contribution in [0, 0.1) is 0 Å². The molecule has 1 aromatic rings. The van der Waals surface area contributed by atoms with E-state index in [1.54, 1.807) is 7.11 Å². The Labute approximate surface area is 101 Å². The summed E-state index contributed by atoms with van der Waals surface area (Å²) in [6.45, 7) is 1.90. The van der Waals surface area contributed by atoms with Crippen LogP contribution in [0.3, 0.4) is 0 Å². The van der Waals surface area contributed by atoms with Gasteiger partial charge in [-0.3, -0.25) is 4.18 Å². The Bertz CT molecular complexity index is 312. The monoisotopic (exact) mass is 239 g/mol. The van der Waals surface area contributed by atoms with E-state index in [2.05, 4.69) is 5.32 Å². The second-order valence-corrected chi connectivity index (χ2v) is 4.65. The van der Waals surface area contributed by atoms with E-state index in [4.69, 9.17) is 8.92 Å². The molecular weight excluding hydrogens is 222 g/mol. The Morgan fingerprint density at radius 1 is 1.19 bits per heavy atom. The van der Waals surface area contributed by atoms with Crippen molar-refractivity contribution in [3.05, 3.63) is 30.3 Å². The molecule has 16 heavy (non-hydrogen) atoms. The van der Waals surface area contributed by atoms with Crippen molar-refractivity contribution in [1.29, 1.82) is 0 Å². The number of ether oxygens (including phenoxy) is 1. The molecule has 0 radical (unpaired) electrons. The molecule has 1 saturated heterocycles. The molecule has 4 heteroatoms. The summed E-state index contributed by atoms with van der Waals surface area (Å²) in [7, 11) is 1.72. The fraction of sp³-hybridized carbons (Fsp3) is 0.500. The highest BCUT2D eigenvalue weighted by molar-refractivity contribution is 7.94. The SMILES string of the molecule is COC1(OSc2ccccc2)CCNCC1. The van der Waals surface area contributed by atoms with Gasteiger partial charge in [-0.1, -0.05) is 18.2 Å². The van der Waals surface area contributed by atoms with Gasteiger partial charge in [0, 0.05) is 50.0 Å². The van der Waals surface area contributed by atoms with Gasteiger partial charge in [-0.25, -0.2) is 0 Å². The number of methoxy groups -OCH3 is 1. The van der Waals surface area contributed by atoms with Gasteiger partial charge in [0.05, 0.1) is 0 Å². The molecule has 2 rings (SSSR count). The van der Waals surface area contributed by atoms with Gasteiger partial charge in [0.1, 0.15) is 0 Å². The molecule has 1 heterocycles. The number of piperidine rings is 1. The van der Waals surface area contributed by atoms with E-state index < -0.39 is 5.79 Å². The van der Waals surface area contributed by atoms with Crippen molar-refractivity contribution in [2.45, 2.75) is 23.5 Å². The van der Waals surface area contributed by atoms with Gasteiger partial charge in [0.25, 0.3) is 0 Å². The topological polar surface area (TPSA) is 30.5 Å². The number of hydrogen-bond donors (Lipinski definition) is 1. The zero-order chi connectivity index (χ0) is 11.3. The Hall–Kier alpha value is -0.550. The molecule has 1 aromatic carbocycles. The average molecular weight is 239 g/mol. The zero-order valence-electron chi connectivity index (χ0n) is 9.44. The Morgan fingerprint density at radius 3 is 2.50 bits per heavy atom. The molecule has 0 saturated carbocycles. The van der Waals surface area contributed by atoms with Crippen LogP contribution < -0.4 is 5.32 Å². The summed E-state index contributed by atoms with van der Waals surface area (Å²) in [4.78, 5) is 1.11. The van der Waals surface area contributed by atoms with Gasteiger partial charge >= 0.3 is 0 Å². The van der Waals surface area contributed by atoms with Gasteiger partial charge < -0.3 is 10.1 Å². The number of nitrogens with one attached hydrogen (secondary N) is 1. The van der Waals surface area contributed by atoms with Crippen molar-refractivity contribution in [1.82, 2.24) is 5.32 Å². The van der Waals surface area contributed by atoms with Crippen LogP contribution in [0.2, 0.25) is 0 Å². The quantitative estimate of drug-likeness (QED) is 0.646. The highest BCUT2D eigenvalue weighted by Gasteiger charge is 2.33. The lowest BCUT2D eigenvalue weighted by Crippen LogP contribution is -2.44. The van der Waals surface area contributed by atoms with Crippen LogP contribution >= 0.6 is 12.0 Å². The average Bonchev–Trinajstić information content (AvgIpc) is 2.39. The molecule has 0 aromatic heterocycles. The van der Waals surface area contributed by atoms with Crippen LogP contribution in [-0.4, -0.2) is 26.0 Å². The summed E-state index contributed by atoms with van der Waals surface area (Å²) >= 11 is 1.40. The van der Waals surface area contributed by atoms with Crippen LogP contribution in [0.4, 0.5) is 0 Å². The molecule has 1 fully saturated rings. The van der Waals surface area contributed by atoms with Crippen molar-refractivity contribution >= 4 is 12.0 Å². The second-order valence-electron chi connectivity index (χ2n) is 3.84. The molecule has 1 aliphatic rings. The summed E-state index contributed by atoms with van der Waals surface area (Å²) in [5.74, 6) is -0.425. The van der Waals surface area contributed by atoms with E-state index >= 15 is 0 Å². The molecule has 1 N–H and O–H groups in total. The standard InChI is InChI=1S/C12H17NO2S/c1-14-12(7-9-13-10-8-12)15-16-11-5-3-2-4-6-11/h2-6,13H,7-10H2,1H3. The van der Waals surface area contributed by atoms with Gasteiger partial charge in [0.2, 0.25) is 0 Å². The third-order valence-corrected chi connectivity index (χ3v) is 3.62. The first-order valence-corrected chi connectivity index (χ1v) is 6.25. The van der Waals surface area contributed by atoms with Crippen molar-refractivity contribution in [2.24, 2.45) is 0 Å². The number of hydrogen-bond acceptors (Lipinski definition) is 4. The molecule has 0 aliphatic carbocycles.